The van der Waals surface area contributed by atoms with Gasteiger partial charge in [0.2, 0.25) is 0 Å². The van der Waals surface area contributed by atoms with Gasteiger partial charge in [0.25, 0.3) is 0 Å². The quantitative estimate of drug-likeness (QED) is 0.697. The first-order valence-electron chi connectivity index (χ1n) is 7.74. The second kappa shape index (κ2) is 6.67. The molecule has 0 saturated heterocycles. The van der Waals surface area contributed by atoms with Crippen molar-refractivity contribution < 1.29 is 0 Å². The van der Waals surface area contributed by atoms with Crippen molar-refractivity contribution in [2.75, 3.05) is 10.2 Å². The first-order valence-corrected chi connectivity index (χ1v) is 8.49. The van der Waals surface area contributed by atoms with Gasteiger partial charge in [0.05, 0.1) is 15.7 Å². The number of nitrogens with one attached hydrogen (secondary N) is 1. The average molecular weight is 369 g/mol. The molecule has 1 N–H and O–H groups in total. The summed E-state index contributed by atoms with van der Waals surface area (Å²) >= 11 is 12.8. The third-order valence-corrected chi connectivity index (χ3v) is 4.39. The zero-order valence-electron chi connectivity index (χ0n) is 13.1. The van der Waals surface area contributed by atoms with Crippen LogP contribution in [0.1, 0.15) is 5.56 Å². The number of hydrogen-bond acceptors (Lipinski definition) is 4. The highest BCUT2D eigenvalue weighted by molar-refractivity contribution is 6.39. The number of nitrogens with zero attached hydrogens (tertiary/aromatic N) is 3. The Kier molecular flexibility index (Phi) is 4.22. The highest BCUT2D eigenvalue weighted by Gasteiger charge is 2.29. The third kappa shape index (κ3) is 3.02. The van der Waals surface area contributed by atoms with Crippen molar-refractivity contribution in [3.63, 3.8) is 0 Å². The minimum atomic E-state index is 0.533. The summed E-state index contributed by atoms with van der Waals surface area (Å²) < 4.78 is 0. The molecular formula is C19H14Cl2N4. The van der Waals surface area contributed by atoms with Gasteiger partial charge in [0, 0.05) is 5.56 Å². The van der Waals surface area contributed by atoms with Gasteiger partial charge in [-0.25, -0.2) is 0 Å². The lowest BCUT2D eigenvalue weighted by atomic mass is 10.2. The predicted molar refractivity (Wildman–Crippen MR) is 104 cm³/mol. The van der Waals surface area contributed by atoms with Gasteiger partial charge in [0.1, 0.15) is 5.69 Å². The Balaban J connectivity index is 1.81. The molecule has 0 bridgehead atoms. The van der Waals surface area contributed by atoms with E-state index in [4.69, 9.17) is 28.3 Å². The van der Waals surface area contributed by atoms with Crippen molar-refractivity contribution in [3.8, 4) is 0 Å². The van der Waals surface area contributed by atoms with Gasteiger partial charge in [-0.2, -0.15) is 10.2 Å². The lowest BCUT2D eigenvalue weighted by Crippen LogP contribution is -2.45. The maximum atomic E-state index is 6.41. The van der Waals surface area contributed by atoms with E-state index in [1.807, 2.05) is 66.7 Å². The van der Waals surface area contributed by atoms with Crippen LogP contribution in [0.5, 0.6) is 0 Å². The minimum Gasteiger partial charge on any atom is -0.259 e. The fourth-order valence-corrected chi connectivity index (χ4v) is 3.16. The van der Waals surface area contributed by atoms with Crippen molar-refractivity contribution >= 4 is 40.4 Å². The lowest BCUT2D eigenvalue weighted by molar-refractivity contribution is 0.771. The number of hydrazine groups is 2. The first kappa shape index (κ1) is 15.8. The van der Waals surface area contributed by atoms with E-state index in [2.05, 4.69) is 5.43 Å². The van der Waals surface area contributed by atoms with Crippen molar-refractivity contribution in [1.82, 2.24) is 5.43 Å². The number of rotatable bonds is 3. The summed E-state index contributed by atoms with van der Waals surface area (Å²) in [5, 5.41) is 9.28. The van der Waals surface area contributed by atoms with E-state index in [-0.39, 0.29) is 0 Å². The average Bonchev–Trinajstić information content (AvgIpc) is 3.08. The van der Waals surface area contributed by atoms with E-state index in [0.29, 0.717) is 21.6 Å². The highest BCUT2D eigenvalue weighted by atomic mass is 35.5. The Bertz CT molecular complexity index is 893. The summed E-state index contributed by atoms with van der Waals surface area (Å²) in [5.74, 6) is 0.709. The maximum absolute atomic E-state index is 6.41. The second-order valence-electron chi connectivity index (χ2n) is 5.43. The van der Waals surface area contributed by atoms with Crippen LogP contribution in [0, 0.1) is 0 Å². The Morgan fingerprint density at radius 2 is 1.32 bits per heavy atom. The molecule has 3 aromatic rings. The second-order valence-corrected chi connectivity index (χ2v) is 6.25. The fourth-order valence-electron chi connectivity index (χ4n) is 2.60. The van der Waals surface area contributed by atoms with Gasteiger partial charge in [0.15, 0.2) is 5.84 Å². The normalized spacial score (nSPS) is 13.6. The van der Waals surface area contributed by atoms with Crippen LogP contribution in [-0.2, 0) is 0 Å². The Labute approximate surface area is 155 Å². The van der Waals surface area contributed by atoms with Crippen LogP contribution in [0.25, 0.3) is 0 Å². The van der Waals surface area contributed by atoms with Crippen LogP contribution in [0.3, 0.4) is 0 Å². The van der Waals surface area contributed by atoms with Crippen LogP contribution < -0.4 is 15.7 Å². The van der Waals surface area contributed by atoms with Crippen LogP contribution in [0.15, 0.2) is 84.0 Å². The standard InChI is InChI=1S/C19H14Cl2N4/c20-16-12-7-13-17(21)18(16)25-23-19(14-8-3-1-4-9-14)22-24(25)15-10-5-2-6-11-15/h1-13H,(H,22,23). The number of benzene rings is 3. The molecular weight excluding hydrogens is 355 g/mol. The largest absolute Gasteiger partial charge is 0.259 e. The van der Waals surface area contributed by atoms with E-state index in [1.54, 1.807) is 22.4 Å². The van der Waals surface area contributed by atoms with E-state index in [1.165, 1.54) is 0 Å². The van der Waals surface area contributed by atoms with Gasteiger partial charge < -0.3 is 0 Å². The van der Waals surface area contributed by atoms with E-state index < -0.39 is 0 Å². The molecule has 0 spiro atoms. The molecule has 4 nitrogen and oxygen atoms in total. The molecule has 6 heteroatoms. The summed E-state index contributed by atoms with van der Waals surface area (Å²) in [4.78, 5) is 0. The molecule has 0 amide bonds. The summed E-state index contributed by atoms with van der Waals surface area (Å²) in [7, 11) is 0. The molecule has 1 aliphatic heterocycles. The molecule has 1 aliphatic rings. The summed E-state index contributed by atoms with van der Waals surface area (Å²) in [5.41, 5.74) is 5.79. The topological polar surface area (TPSA) is 30.9 Å². The smallest absolute Gasteiger partial charge is 0.176 e. The van der Waals surface area contributed by atoms with E-state index in [0.717, 1.165) is 11.3 Å². The van der Waals surface area contributed by atoms with Crippen LogP contribution in [0.2, 0.25) is 10.0 Å². The lowest BCUT2D eigenvalue weighted by Gasteiger charge is -2.29. The molecule has 0 aromatic heterocycles. The zero-order valence-corrected chi connectivity index (χ0v) is 14.6. The first-order chi connectivity index (χ1) is 12.2. The molecule has 0 radical (unpaired) electrons. The molecule has 0 aliphatic carbocycles. The summed E-state index contributed by atoms with van der Waals surface area (Å²) in [6, 6.07) is 25.1. The number of halogens is 2. The molecule has 124 valence electrons. The monoisotopic (exact) mass is 368 g/mol. The number of anilines is 2. The van der Waals surface area contributed by atoms with Crippen molar-refractivity contribution in [2.24, 2.45) is 5.10 Å². The Hall–Kier alpha value is -2.69. The summed E-state index contributed by atoms with van der Waals surface area (Å²) in [6.07, 6.45) is 0. The Morgan fingerprint density at radius 3 is 1.96 bits per heavy atom. The van der Waals surface area contributed by atoms with Gasteiger partial charge in [-0.1, -0.05) is 77.8 Å². The number of para-hydroxylation sites is 2. The molecule has 4 rings (SSSR count). The molecule has 1 heterocycles. The Morgan fingerprint density at radius 1 is 0.720 bits per heavy atom. The van der Waals surface area contributed by atoms with Gasteiger partial charge in [-0.3, -0.25) is 5.43 Å². The predicted octanol–water partition coefficient (Wildman–Crippen LogP) is 5.10. The van der Waals surface area contributed by atoms with Crippen molar-refractivity contribution in [3.05, 3.63) is 94.5 Å². The van der Waals surface area contributed by atoms with Crippen molar-refractivity contribution in [1.29, 1.82) is 0 Å². The highest BCUT2D eigenvalue weighted by Crippen LogP contribution is 2.36. The SMILES string of the molecule is Clc1cccc(Cl)c1N1NC(c2ccccc2)=NN1c1ccccc1. The number of hydrogen-bond donors (Lipinski definition) is 1. The minimum absolute atomic E-state index is 0.533. The molecule has 25 heavy (non-hydrogen) atoms. The molecule has 0 fully saturated rings. The fraction of sp³-hybridized carbons (Fsp3) is 0. The van der Waals surface area contributed by atoms with Crippen LogP contribution in [-0.4, -0.2) is 5.84 Å². The van der Waals surface area contributed by atoms with Crippen LogP contribution >= 0.6 is 23.2 Å². The molecule has 0 unspecified atom stereocenters. The van der Waals surface area contributed by atoms with Crippen molar-refractivity contribution in [2.45, 2.75) is 0 Å². The molecule has 3 aromatic carbocycles. The van der Waals surface area contributed by atoms with Gasteiger partial charge >= 0.3 is 0 Å². The zero-order chi connectivity index (χ0) is 17.2. The number of amidine groups is 1. The van der Waals surface area contributed by atoms with E-state index in [9.17, 15) is 0 Å². The number of hydrazone groups is 1. The van der Waals surface area contributed by atoms with Gasteiger partial charge in [-0.15, -0.1) is 5.10 Å². The van der Waals surface area contributed by atoms with Gasteiger partial charge in [-0.05, 0) is 24.3 Å². The molecule has 0 saturated carbocycles. The maximum Gasteiger partial charge on any atom is 0.176 e. The van der Waals surface area contributed by atoms with E-state index >= 15 is 0 Å². The third-order valence-electron chi connectivity index (χ3n) is 3.78. The summed E-state index contributed by atoms with van der Waals surface area (Å²) in [6.45, 7) is 0. The van der Waals surface area contributed by atoms with Crippen LogP contribution in [0.4, 0.5) is 11.4 Å². The molecule has 0 atom stereocenters.